The lowest BCUT2D eigenvalue weighted by molar-refractivity contribution is 0.101. The van der Waals surface area contributed by atoms with Crippen LogP contribution in [0.1, 0.15) is 17.4 Å². The van der Waals surface area contributed by atoms with Gasteiger partial charge in [-0.2, -0.15) is 0 Å². The number of nitrogens with one attached hydrogen (secondary N) is 1. The van der Waals surface area contributed by atoms with Gasteiger partial charge in [0.15, 0.2) is 0 Å². The third-order valence-electron chi connectivity index (χ3n) is 3.51. The number of aromatic nitrogens is 1. The minimum absolute atomic E-state index is 0.00736. The van der Waals surface area contributed by atoms with E-state index in [2.05, 4.69) is 5.32 Å². The van der Waals surface area contributed by atoms with Crippen molar-refractivity contribution in [2.75, 3.05) is 5.32 Å². The van der Waals surface area contributed by atoms with Crippen LogP contribution in [0, 0.1) is 0 Å². The zero-order chi connectivity index (χ0) is 16.6. The van der Waals surface area contributed by atoms with E-state index < -0.39 is 10.0 Å². The number of hydrogen-bond donors (Lipinski definition) is 2. The van der Waals surface area contributed by atoms with Gasteiger partial charge in [0.25, 0.3) is 5.91 Å². The van der Waals surface area contributed by atoms with E-state index in [1.165, 1.54) is 24.3 Å². The molecule has 3 rings (SSSR count). The number of carbonyl (C=O) groups is 1. The molecule has 0 spiro atoms. The van der Waals surface area contributed by atoms with Gasteiger partial charge < -0.3 is 9.88 Å². The topological polar surface area (TPSA) is 94.2 Å². The average molecular weight is 349 g/mol. The molecule has 0 atom stereocenters. The summed E-state index contributed by atoms with van der Waals surface area (Å²) in [5.74, 6) is -0.237. The fourth-order valence-electron chi connectivity index (χ4n) is 2.43. The second kappa shape index (κ2) is 5.80. The lowest BCUT2D eigenvalue weighted by atomic mass is 10.3. The average Bonchev–Trinajstić information content (AvgIpc) is 3.06. The monoisotopic (exact) mass is 349 g/mol. The summed E-state index contributed by atoms with van der Waals surface area (Å²) in [6, 6.07) is 9.60. The molecule has 1 amide bonds. The van der Waals surface area contributed by atoms with E-state index in [-0.39, 0.29) is 10.8 Å². The van der Waals surface area contributed by atoms with Crippen LogP contribution in [0.3, 0.4) is 0 Å². The Labute approximate surface area is 137 Å². The second-order valence-electron chi connectivity index (χ2n) is 4.97. The van der Waals surface area contributed by atoms with Crippen LogP contribution in [0.5, 0.6) is 0 Å². The largest absolute Gasteiger partial charge is 0.336 e. The van der Waals surface area contributed by atoms with Crippen LogP contribution in [0.25, 0.3) is 10.2 Å². The molecule has 0 bridgehead atoms. The summed E-state index contributed by atoms with van der Waals surface area (Å²) >= 11 is 1.58. The molecule has 0 radical (unpaired) electrons. The number of primary sulfonamides is 1. The molecule has 1 aromatic carbocycles. The number of benzene rings is 1. The van der Waals surface area contributed by atoms with Gasteiger partial charge in [-0.15, -0.1) is 11.3 Å². The molecule has 23 heavy (non-hydrogen) atoms. The van der Waals surface area contributed by atoms with Crippen LogP contribution in [-0.4, -0.2) is 18.9 Å². The SMILES string of the molecule is CCn1c(C(=O)Nc2ccc(S(N)(=O)=O)cc2)cc2sccc21. The van der Waals surface area contributed by atoms with Crippen LogP contribution < -0.4 is 10.5 Å². The van der Waals surface area contributed by atoms with Gasteiger partial charge in [-0.05, 0) is 48.7 Å². The minimum Gasteiger partial charge on any atom is -0.336 e. The molecular weight excluding hydrogens is 334 g/mol. The smallest absolute Gasteiger partial charge is 0.272 e. The van der Waals surface area contributed by atoms with E-state index in [4.69, 9.17) is 5.14 Å². The fourth-order valence-corrected chi connectivity index (χ4v) is 3.77. The van der Waals surface area contributed by atoms with Crippen molar-refractivity contribution >= 4 is 43.2 Å². The Kier molecular flexibility index (Phi) is 3.97. The Bertz CT molecular complexity index is 969. The second-order valence-corrected chi connectivity index (χ2v) is 7.48. The number of hydrogen-bond acceptors (Lipinski definition) is 4. The van der Waals surface area contributed by atoms with E-state index in [0.717, 1.165) is 10.2 Å². The van der Waals surface area contributed by atoms with Crippen molar-refractivity contribution in [3.8, 4) is 0 Å². The molecule has 0 saturated heterocycles. The number of thiophene rings is 1. The van der Waals surface area contributed by atoms with Gasteiger partial charge in [-0.3, -0.25) is 4.79 Å². The molecule has 3 N–H and O–H groups in total. The highest BCUT2D eigenvalue weighted by atomic mass is 32.2. The molecule has 120 valence electrons. The summed E-state index contributed by atoms with van der Waals surface area (Å²) in [6.45, 7) is 2.67. The predicted octanol–water partition coefficient (Wildman–Crippen LogP) is 2.62. The Hall–Kier alpha value is -2.16. The van der Waals surface area contributed by atoms with Crippen LogP contribution in [0.15, 0.2) is 46.7 Å². The quantitative estimate of drug-likeness (QED) is 0.758. The lowest BCUT2D eigenvalue weighted by Crippen LogP contribution is -2.17. The van der Waals surface area contributed by atoms with Crippen molar-refractivity contribution in [2.24, 2.45) is 5.14 Å². The van der Waals surface area contributed by atoms with Crippen LogP contribution in [-0.2, 0) is 16.6 Å². The third kappa shape index (κ3) is 3.00. The number of rotatable bonds is 4. The maximum atomic E-state index is 12.5. The van der Waals surface area contributed by atoms with Crippen molar-refractivity contribution < 1.29 is 13.2 Å². The fraction of sp³-hybridized carbons (Fsp3) is 0.133. The first kappa shape index (κ1) is 15.7. The molecule has 0 aliphatic rings. The van der Waals surface area contributed by atoms with Gasteiger partial charge in [0.05, 0.1) is 15.1 Å². The van der Waals surface area contributed by atoms with E-state index in [1.807, 2.05) is 29.0 Å². The summed E-state index contributed by atoms with van der Waals surface area (Å²) in [7, 11) is -3.74. The molecule has 0 unspecified atom stereocenters. The van der Waals surface area contributed by atoms with Crippen LogP contribution >= 0.6 is 11.3 Å². The first-order chi connectivity index (χ1) is 10.9. The maximum Gasteiger partial charge on any atom is 0.272 e. The maximum absolute atomic E-state index is 12.5. The van der Waals surface area contributed by atoms with Gasteiger partial charge in [0.1, 0.15) is 5.69 Å². The van der Waals surface area contributed by atoms with Crippen molar-refractivity contribution in [3.63, 3.8) is 0 Å². The van der Waals surface area contributed by atoms with Gasteiger partial charge in [0.2, 0.25) is 10.0 Å². The summed E-state index contributed by atoms with van der Waals surface area (Å²) in [5, 5.41) is 9.81. The Morgan fingerprint density at radius 1 is 1.26 bits per heavy atom. The molecular formula is C15H15N3O3S2. The van der Waals surface area contributed by atoms with E-state index >= 15 is 0 Å². The standard InChI is InChI=1S/C15H15N3O3S2/c1-2-18-12-7-8-22-14(12)9-13(18)15(19)17-10-3-5-11(6-4-10)23(16,20)21/h3-9H,2H2,1H3,(H,17,19)(H2,16,20,21). The van der Waals surface area contributed by atoms with Crippen LogP contribution in [0.4, 0.5) is 5.69 Å². The van der Waals surface area contributed by atoms with Crippen molar-refractivity contribution in [3.05, 3.63) is 47.5 Å². The molecule has 2 aromatic heterocycles. The molecule has 0 saturated carbocycles. The van der Waals surface area contributed by atoms with E-state index in [9.17, 15) is 13.2 Å². The molecule has 8 heteroatoms. The van der Waals surface area contributed by atoms with E-state index in [0.29, 0.717) is 17.9 Å². The van der Waals surface area contributed by atoms with Gasteiger partial charge in [-0.25, -0.2) is 13.6 Å². The Morgan fingerprint density at radius 3 is 2.57 bits per heavy atom. The summed E-state index contributed by atoms with van der Waals surface area (Å²) in [4.78, 5) is 12.5. The number of anilines is 1. The lowest BCUT2D eigenvalue weighted by Gasteiger charge is -2.09. The highest BCUT2D eigenvalue weighted by Crippen LogP contribution is 2.26. The van der Waals surface area contributed by atoms with Gasteiger partial charge in [-0.1, -0.05) is 0 Å². The van der Waals surface area contributed by atoms with Crippen LogP contribution in [0.2, 0.25) is 0 Å². The van der Waals surface area contributed by atoms with Crippen molar-refractivity contribution in [1.82, 2.24) is 4.57 Å². The minimum atomic E-state index is -3.74. The molecule has 0 aliphatic heterocycles. The summed E-state index contributed by atoms with van der Waals surface area (Å²) in [5.41, 5.74) is 2.12. The number of carbonyl (C=O) groups excluding carboxylic acids is 1. The molecule has 0 aliphatic carbocycles. The summed E-state index contributed by atoms with van der Waals surface area (Å²) < 4.78 is 25.5. The normalized spacial score (nSPS) is 11.7. The molecule has 6 nitrogen and oxygen atoms in total. The zero-order valence-electron chi connectivity index (χ0n) is 12.3. The zero-order valence-corrected chi connectivity index (χ0v) is 13.9. The highest BCUT2D eigenvalue weighted by molar-refractivity contribution is 7.89. The third-order valence-corrected chi connectivity index (χ3v) is 5.29. The first-order valence-electron chi connectivity index (χ1n) is 6.91. The molecule has 3 aromatic rings. The number of sulfonamides is 1. The van der Waals surface area contributed by atoms with E-state index in [1.54, 1.807) is 11.3 Å². The molecule has 0 fully saturated rings. The summed E-state index contributed by atoms with van der Waals surface area (Å²) in [6.07, 6.45) is 0. The number of fused-ring (bicyclic) bond motifs is 1. The number of aryl methyl sites for hydroxylation is 1. The van der Waals surface area contributed by atoms with Gasteiger partial charge >= 0.3 is 0 Å². The number of amides is 1. The Balaban J connectivity index is 1.87. The number of nitrogens with two attached hydrogens (primary N) is 1. The highest BCUT2D eigenvalue weighted by Gasteiger charge is 2.16. The van der Waals surface area contributed by atoms with Crippen molar-refractivity contribution in [2.45, 2.75) is 18.4 Å². The Morgan fingerprint density at radius 2 is 1.96 bits per heavy atom. The van der Waals surface area contributed by atoms with Gasteiger partial charge in [0, 0.05) is 12.2 Å². The number of nitrogens with zero attached hydrogens (tertiary/aromatic N) is 1. The van der Waals surface area contributed by atoms with Crippen molar-refractivity contribution in [1.29, 1.82) is 0 Å². The molecule has 2 heterocycles. The predicted molar refractivity (Wildman–Crippen MR) is 91.3 cm³/mol. The first-order valence-corrected chi connectivity index (χ1v) is 9.33.